The minimum atomic E-state index is -3.71. The van der Waals surface area contributed by atoms with Crippen molar-refractivity contribution >= 4 is 10.0 Å². The summed E-state index contributed by atoms with van der Waals surface area (Å²) in [5.41, 5.74) is 0. The SMILES string of the molecule is N#Cc1ccc(S(=O)(=O)N2C3CCC2CC(O)C3)o1. The van der Waals surface area contributed by atoms with Crippen LogP contribution >= 0.6 is 0 Å². The van der Waals surface area contributed by atoms with E-state index in [1.807, 2.05) is 0 Å². The number of piperidine rings is 1. The fourth-order valence-corrected chi connectivity index (χ4v) is 4.93. The number of fused-ring (bicyclic) bond motifs is 2. The molecule has 1 N–H and O–H groups in total. The molecule has 1 aromatic heterocycles. The lowest BCUT2D eigenvalue weighted by Gasteiger charge is -2.35. The second-order valence-electron chi connectivity index (χ2n) is 5.08. The molecule has 3 rings (SSSR count). The highest BCUT2D eigenvalue weighted by Crippen LogP contribution is 2.39. The van der Waals surface area contributed by atoms with E-state index in [-0.39, 0.29) is 22.9 Å². The van der Waals surface area contributed by atoms with Crippen LogP contribution in [-0.2, 0) is 10.0 Å². The molecule has 7 heteroatoms. The van der Waals surface area contributed by atoms with Crippen molar-refractivity contribution in [1.82, 2.24) is 4.31 Å². The van der Waals surface area contributed by atoms with Crippen LogP contribution in [0.1, 0.15) is 31.4 Å². The van der Waals surface area contributed by atoms with Crippen LogP contribution in [0, 0.1) is 11.3 Å². The number of hydrogen-bond acceptors (Lipinski definition) is 5. The van der Waals surface area contributed by atoms with Crippen molar-refractivity contribution < 1.29 is 17.9 Å². The van der Waals surface area contributed by atoms with E-state index in [1.165, 1.54) is 16.4 Å². The number of nitriles is 1. The van der Waals surface area contributed by atoms with Crippen molar-refractivity contribution in [3.05, 3.63) is 17.9 Å². The molecule has 0 amide bonds. The number of nitrogens with zero attached hydrogens (tertiary/aromatic N) is 2. The molecule has 2 bridgehead atoms. The van der Waals surface area contributed by atoms with Crippen LogP contribution in [0.3, 0.4) is 0 Å². The molecule has 2 aliphatic rings. The topological polar surface area (TPSA) is 94.5 Å². The third-order valence-corrected chi connectivity index (χ3v) is 5.74. The highest BCUT2D eigenvalue weighted by Gasteiger charge is 2.47. The van der Waals surface area contributed by atoms with Gasteiger partial charge in [-0.15, -0.1) is 0 Å². The highest BCUT2D eigenvalue weighted by molar-refractivity contribution is 7.89. The van der Waals surface area contributed by atoms with Crippen LogP contribution in [0.15, 0.2) is 21.6 Å². The van der Waals surface area contributed by atoms with E-state index in [4.69, 9.17) is 9.68 Å². The Balaban J connectivity index is 1.95. The Morgan fingerprint density at radius 3 is 2.47 bits per heavy atom. The first kappa shape index (κ1) is 12.7. The molecule has 0 spiro atoms. The van der Waals surface area contributed by atoms with Gasteiger partial charge in [0, 0.05) is 12.1 Å². The number of furan rings is 1. The van der Waals surface area contributed by atoms with Gasteiger partial charge in [0.25, 0.3) is 10.0 Å². The first-order valence-corrected chi connectivity index (χ1v) is 7.68. The molecule has 3 heterocycles. The van der Waals surface area contributed by atoms with Crippen molar-refractivity contribution in [3.8, 4) is 6.07 Å². The van der Waals surface area contributed by atoms with Gasteiger partial charge in [-0.1, -0.05) is 0 Å². The second-order valence-corrected chi connectivity index (χ2v) is 6.85. The molecular weight excluding hydrogens is 268 g/mol. The number of hydrogen-bond donors (Lipinski definition) is 1. The zero-order valence-electron chi connectivity index (χ0n) is 10.2. The summed E-state index contributed by atoms with van der Waals surface area (Å²) in [6.07, 6.45) is 2.07. The van der Waals surface area contributed by atoms with Crippen molar-refractivity contribution in [2.75, 3.05) is 0 Å². The van der Waals surface area contributed by atoms with Crippen LogP contribution in [0.5, 0.6) is 0 Å². The molecule has 2 saturated heterocycles. The molecule has 6 nitrogen and oxygen atoms in total. The Labute approximate surface area is 111 Å². The van der Waals surface area contributed by atoms with E-state index in [0.29, 0.717) is 12.8 Å². The first-order chi connectivity index (χ1) is 9.02. The fourth-order valence-electron chi connectivity index (χ4n) is 3.12. The monoisotopic (exact) mass is 282 g/mol. The number of aliphatic hydroxyl groups excluding tert-OH is 1. The van der Waals surface area contributed by atoms with Crippen LogP contribution in [0.2, 0.25) is 0 Å². The third-order valence-electron chi connectivity index (χ3n) is 3.86. The lowest BCUT2D eigenvalue weighted by atomic mass is 10.0. The van der Waals surface area contributed by atoms with Crippen molar-refractivity contribution in [1.29, 1.82) is 5.26 Å². The van der Waals surface area contributed by atoms with E-state index < -0.39 is 16.1 Å². The summed E-state index contributed by atoms with van der Waals surface area (Å²) in [6.45, 7) is 0. The molecule has 2 aliphatic heterocycles. The zero-order valence-corrected chi connectivity index (χ0v) is 11.0. The lowest BCUT2D eigenvalue weighted by molar-refractivity contribution is 0.0761. The highest BCUT2D eigenvalue weighted by atomic mass is 32.2. The Morgan fingerprint density at radius 2 is 1.95 bits per heavy atom. The van der Waals surface area contributed by atoms with Gasteiger partial charge < -0.3 is 9.52 Å². The summed E-state index contributed by atoms with van der Waals surface area (Å²) in [5.74, 6) is -0.0111. The Hall–Kier alpha value is -1.36. The van der Waals surface area contributed by atoms with Crippen molar-refractivity contribution in [2.45, 2.75) is 49.0 Å². The quantitative estimate of drug-likeness (QED) is 0.866. The molecule has 1 aromatic rings. The predicted molar refractivity (Wildman–Crippen MR) is 64.5 cm³/mol. The van der Waals surface area contributed by atoms with Crippen LogP contribution in [0.4, 0.5) is 0 Å². The van der Waals surface area contributed by atoms with Crippen LogP contribution < -0.4 is 0 Å². The summed E-state index contributed by atoms with van der Waals surface area (Å²) in [7, 11) is -3.71. The molecule has 0 radical (unpaired) electrons. The predicted octanol–water partition coefficient (Wildman–Crippen LogP) is 0.828. The maximum Gasteiger partial charge on any atom is 0.277 e. The molecule has 19 heavy (non-hydrogen) atoms. The lowest BCUT2D eigenvalue weighted by Crippen LogP contribution is -2.47. The maximum absolute atomic E-state index is 12.5. The largest absolute Gasteiger partial charge is 0.433 e. The Bertz CT molecular complexity index is 616. The van der Waals surface area contributed by atoms with Gasteiger partial charge >= 0.3 is 0 Å². The van der Waals surface area contributed by atoms with Gasteiger partial charge in [-0.2, -0.15) is 9.57 Å². The van der Waals surface area contributed by atoms with Crippen molar-refractivity contribution in [2.24, 2.45) is 0 Å². The molecule has 2 fully saturated rings. The maximum atomic E-state index is 12.5. The van der Waals surface area contributed by atoms with Gasteiger partial charge in [-0.05, 0) is 37.8 Å². The third kappa shape index (κ3) is 1.96. The summed E-state index contributed by atoms with van der Waals surface area (Å²) in [5, 5.41) is 18.2. The average molecular weight is 282 g/mol. The Morgan fingerprint density at radius 1 is 1.32 bits per heavy atom. The van der Waals surface area contributed by atoms with E-state index in [9.17, 15) is 13.5 Å². The van der Waals surface area contributed by atoms with Crippen LogP contribution in [-0.4, -0.2) is 36.0 Å². The second kappa shape index (κ2) is 4.34. The fraction of sp³-hybridized carbons (Fsp3) is 0.583. The average Bonchev–Trinajstić information content (AvgIpc) is 2.93. The Kier molecular flexibility index (Phi) is 2.89. The number of sulfonamides is 1. The molecule has 0 aliphatic carbocycles. The van der Waals surface area contributed by atoms with Gasteiger partial charge in [-0.3, -0.25) is 0 Å². The molecule has 0 saturated carbocycles. The molecular formula is C12H14N2O4S. The van der Waals surface area contributed by atoms with Gasteiger partial charge in [0.05, 0.1) is 6.10 Å². The smallest absolute Gasteiger partial charge is 0.277 e. The minimum Gasteiger partial charge on any atom is -0.433 e. The molecule has 102 valence electrons. The molecule has 0 aromatic carbocycles. The standard InChI is InChI=1S/C12H14N2O4S/c13-7-11-3-4-12(18-11)19(16,17)14-8-1-2-9(14)6-10(15)5-8/h3-4,8-10,15H,1-2,5-6H2. The number of rotatable bonds is 2. The van der Waals surface area contributed by atoms with Gasteiger partial charge in [0.15, 0.2) is 0 Å². The van der Waals surface area contributed by atoms with E-state index >= 15 is 0 Å². The zero-order chi connectivity index (χ0) is 13.6. The van der Waals surface area contributed by atoms with Gasteiger partial charge in [0.2, 0.25) is 10.9 Å². The van der Waals surface area contributed by atoms with E-state index in [0.717, 1.165) is 12.8 Å². The van der Waals surface area contributed by atoms with Crippen LogP contribution in [0.25, 0.3) is 0 Å². The number of aliphatic hydroxyl groups is 1. The first-order valence-electron chi connectivity index (χ1n) is 6.24. The van der Waals surface area contributed by atoms with E-state index in [2.05, 4.69) is 0 Å². The molecule has 2 atom stereocenters. The minimum absolute atomic E-state index is 0.0111. The summed E-state index contributed by atoms with van der Waals surface area (Å²) in [4.78, 5) is 0. The summed E-state index contributed by atoms with van der Waals surface area (Å²) < 4.78 is 31.6. The van der Waals surface area contributed by atoms with Gasteiger partial charge in [-0.25, -0.2) is 8.42 Å². The molecule has 2 unspecified atom stereocenters. The summed E-state index contributed by atoms with van der Waals surface area (Å²) >= 11 is 0. The van der Waals surface area contributed by atoms with Gasteiger partial charge in [0.1, 0.15) is 6.07 Å². The normalized spacial score (nSPS) is 31.3. The van der Waals surface area contributed by atoms with Crippen molar-refractivity contribution in [3.63, 3.8) is 0 Å². The summed E-state index contributed by atoms with van der Waals surface area (Å²) in [6, 6.07) is 4.13. The van der Waals surface area contributed by atoms with E-state index in [1.54, 1.807) is 6.07 Å².